The SMILES string of the molecule is CCCC(=N)[n+]1c(N)c(=O)[nH]c2cc(C(=O)N3CCN(c4cccc(-c5ccccc5)c4)CC3)ccc21. The van der Waals surface area contributed by atoms with Gasteiger partial charge in [-0.25, -0.2) is 0 Å². The minimum absolute atomic E-state index is 0.0301. The molecule has 1 aliphatic rings. The molecule has 3 aromatic carbocycles. The Morgan fingerprint density at radius 1 is 0.973 bits per heavy atom. The lowest BCUT2D eigenvalue weighted by Crippen LogP contribution is -2.50. The molecule has 1 saturated heterocycles. The summed E-state index contributed by atoms with van der Waals surface area (Å²) in [5.74, 6) is 0.146. The van der Waals surface area contributed by atoms with E-state index in [4.69, 9.17) is 11.1 Å². The molecule has 2 heterocycles. The van der Waals surface area contributed by atoms with Gasteiger partial charge in [0, 0.05) is 43.9 Å². The Bertz CT molecular complexity index is 1520. The Morgan fingerprint density at radius 3 is 2.43 bits per heavy atom. The predicted molar refractivity (Wildman–Crippen MR) is 147 cm³/mol. The normalized spacial score (nSPS) is 13.6. The zero-order valence-electron chi connectivity index (χ0n) is 20.9. The van der Waals surface area contributed by atoms with Gasteiger partial charge in [-0.15, -0.1) is 0 Å². The average molecular weight is 496 g/mol. The fourth-order valence-electron chi connectivity index (χ4n) is 4.88. The van der Waals surface area contributed by atoms with Crippen LogP contribution in [-0.2, 0) is 0 Å². The number of carbonyl (C=O) groups is 1. The lowest BCUT2D eigenvalue weighted by Gasteiger charge is -2.36. The smallest absolute Gasteiger partial charge is 0.321 e. The van der Waals surface area contributed by atoms with Crippen LogP contribution in [0.2, 0.25) is 0 Å². The Hall–Kier alpha value is -4.46. The lowest BCUT2D eigenvalue weighted by molar-refractivity contribution is -0.514. The molecule has 4 aromatic rings. The van der Waals surface area contributed by atoms with Crippen molar-refractivity contribution in [2.45, 2.75) is 19.8 Å². The van der Waals surface area contributed by atoms with Gasteiger partial charge in [0.15, 0.2) is 0 Å². The first-order chi connectivity index (χ1) is 18.0. The van der Waals surface area contributed by atoms with Crippen LogP contribution in [0.4, 0.5) is 11.5 Å². The van der Waals surface area contributed by atoms with E-state index in [9.17, 15) is 9.59 Å². The molecule has 0 aliphatic carbocycles. The predicted octanol–water partition coefficient (Wildman–Crippen LogP) is 3.65. The van der Waals surface area contributed by atoms with Crippen LogP contribution >= 0.6 is 0 Å². The highest BCUT2D eigenvalue weighted by molar-refractivity contribution is 5.97. The molecule has 4 N–H and O–H groups in total. The van der Waals surface area contributed by atoms with Crippen molar-refractivity contribution in [3.05, 3.63) is 88.7 Å². The number of aromatic nitrogens is 2. The molecule has 37 heavy (non-hydrogen) atoms. The molecule has 0 atom stereocenters. The summed E-state index contributed by atoms with van der Waals surface area (Å²) in [4.78, 5) is 32.7. The van der Waals surface area contributed by atoms with E-state index in [-0.39, 0.29) is 17.6 Å². The molecule has 1 amide bonds. The van der Waals surface area contributed by atoms with Gasteiger partial charge in [-0.2, -0.15) is 9.98 Å². The zero-order chi connectivity index (χ0) is 25.9. The van der Waals surface area contributed by atoms with Gasteiger partial charge in [0.25, 0.3) is 11.7 Å². The number of nitrogen functional groups attached to an aromatic ring is 1. The molecule has 0 spiro atoms. The molecule has 5 rings (SSSR count). The number of H-pyrrole nitrogens is 1. The van der Waals surface area contributed by atoms with Crippen LogP contribution < -0.4 is 20.8 Å². The van der Waals surface area contributed by atoms with E-state index in [1.807, 2.05) is 30.0 Å². The number of nitrogens with zero attached hydrogens (tertiary/aromatic N) is 3. The van der Waals surface area contributed by atoms with Crippen LogP contribution in [0.1, 0.15) is 30.1 Å². The third-order valence-corrected chi connectivity index (χ3v) is 6.85. The van der Waals surface area contributed by atoms with E-state index in [0.717, 1.165) is 25.2 Å². The maximum absolute atomic E-state index is 13.3. The molecule has 188 valence electrons. The van der Waals surface area contributed by atoms with Crippen molar-refractivity contribution in [2.24, 2.45) is 0 Å². The van der Waals surface area contributed by atoms with Gasteiger partial charge in [-0.3, -0.25) is 9.59 Å². The van der Waals surface area contributed by atoms with Gasteiger partial charge >= 0.3 is 5.56 Å². The van der Waals surface area contributed by atoms with Gasteiger partial charge in [0.1, 0.15) is 5.52 Å². The molecule has 1 aliphatic heterocycles. The first-order valence-electron chi connectivity index (χ1n) is 12.6. The fourth-order valence-corrected chi connectivity index (χ4v) is 4.88. The molecule has 8 heteroatoms. The number of aromatic amines is 1. The molecule has 0 unspecified atom stereocenters. The number of amides is 1. The molecular formula is C29H31N6O2+. The van der Waals surface area contributed by atoms with Gasteiger partial charge < -0.3 is 20.5 Å². The number of rotatable bonds is 5. The third-order valence-electron chi connectivity index (χ3n) is 6.85. The molecule has 1 fully saturated rings. The summed E-state index contributed by atoms with van der Waals surface area (Å²) in [5, 5.41) is 8.35. The van der Waals surface area contributed by atoms with Crippen molar-refractivity contribution >= 4 is 34.3 Å². The van der Waals surface area contributed by atoms with Crippen LogP contribution in [0.3, 0.4) is 0 Å². The summed E-state index contributed by atoms with van der Waals surface area (Å²) in [6.45, 7) is 4.65. The third kappa shape index (κ3) is 4.82. The highest BCUT2D eigenvalue weighted by Gasteiger charge is 2.24. The summed E-state index contributed by atoms with van der Waals surface area (Å²) >= 11 is 0. The van der Waals surface area contributed by atoms with E-state index in [2.05, 4.69) is 46.3 Å². The number of nitrogens with two attached hydrogens (primary N) is 1. The number of piperazine rings is 1. The second-order valence-corrected chi connectivity index (χ2v) is 9.30. The number of hydrogen-bond donors (Lipinski definition) is 3. The van der Waals surface area contributed by atoms with Crippen LogP contribution in [-0.4, -0.2) is 47.8 Å². The van der Waals surface area contributed by atoms with Gasteiger partial charge in [0.05, 0.1) is 5.52 Å². The Labute approximate surface area is 215 Å². The standard InChI is InChI=1S/C29H30N6O2/c1-2-7-26(30)35-25-13-12-22(19-24(25)32-28(36)27(35)31)29(37)34-16-14-33(15-17-34)23-11-6-10-21(18-23)20-8-4-3-5-9-20/h3-6,8-13,18-19,30-31H,2,7,14-17H2,1H3,(H,32,36)/p+1. The van der Waals surface area contributed by atoms with Crippen molar-refractivity contribution in [2.75, 3.05) is 36.8 Å². The van der Waals surface area contributed by atoms with Crippen molar-refractivity contribution in [3.8, 4) is 11.1 Å². The Balaban J connectivity index is 1.33. The number of fused-ring (bicyclic) bond motifs is 1. The minimum atomic E-state index is -0.468. The first kappa shape index (κ1) is 24.2. The van der Waals surface area contributed by atoms with E-state index in [1.165, 1.54) is 15.7 Å². The molecule has 1 aromatic heterocycles. The fraction of sp³-hybridized carbons (Fsp3) is 0.241. The lowest BCUT2D eigenvalue weighted by atomic mass is 10.0. The van der Waals surface area contributed by atoms with Crippen molar-refractivity contribution in [1.82, 2.24) is 9.88 Å². The molecular weight excluding hydrogens is 464 g/mol. The van der Waals surface area contributed by atoms with Crippen LogP contribution in [0.15, 0.2) is 77.6 Å². The zero-order valence-corrected chi connectivity index (χ0v) is 20.9. The number of carbonyl (C=O) groups excluding carboxylic acids is 1. The summed E-state index contributed by atoms with van der Waals surface area (Å²) in [6, 6.07) is 24.0. The first-order valence-corrected chi connectivity index (χ1v) is 12.6. The highest BCUT2D eigenvalue weighted by Crippen LogP contribution is 2.25. The van der Waals surface area contributed by atoms with Gasteiger partial charge in [0.2, 0.25) is 5.84 Å². The Kier molecular flexibility index (Phi) is 6.72. The summed E-state index contributed by atoms with van der Waals surface area (Å²) < 4.78 is 1.47. The van der Waals surface area contributed by atoms with Crippen molar-refractivity contribution in [1.29, 1.82) is 5.41 Å². The summed E-state index contributed by atoms with van der Waals surface area (Å²) in [6.07, 6.45) is 1.26. The second kappa shape index (κ2) is 10.3. The maximum atomic E-state index is 13.3. The van der Waals surface area contributed by atoms with Crippen molar-refractivity contribution < 1.29 is 9.36 Å². The quantitative estimate of drug-likeness (QED) is 0.223. The second-order valence-electron chi connectivity index (χ2n) is 9.30. The summed E-state index contributed by atoms with van der Waals surface area (Å²) in [5.41, 5.74) is 10.6. The molecule has 0 bridgehead atoms. The van der Waals surface area contributed by atoms with E-state index in [0.29, 0.717) is 36.1 Å². The number of benzene rings is 3. The van der Waals surface area contributed by atoms with E-state index >= 15 is 0 Å². The molecule has 8 nitrogen and oxygen atoms in total. The molecule has 0 saturated carbocycles. The van der Waals surface area contributed by atoms with E-state index in [1.54, 1.807) is 18.2 Å². The maximum Gasteiger partial charge on any atom is 0.321 e. The average Bonchev–Trinajstić information content (AvgIpc) is 2.94. The topological polar surface area (TPSA) is 110 Å². The van der Waals surface area contributed by atoms with Crippen molar-refractivity contribution in [3.63, 3.8) is 0 Å². The number of anilines is 2. The highest BCUT2D eigenvalue weighted by atomic mass is 16.2. The van der Waals surface area contributed by atoms with Gasteiger partial charge in [-0.05, 0) is 47.9 Å². The van der Waals surface area contributed by atoms with Crippen LogP contribution in [0, 0.1) is 5.41 Å². The number of hydrogen-bond acceptors (Lipinski definition) is 5. The summed E-state index contributed by atoms with van der Waals surface area (Å²) in [7, 11) is 0. The van der Waals surface area contributed by atoms with Crippen LogP contribution in [0.5, 0.6) is 0 Å². The monoisotopic (exact) mass is 495 g/mol. The molecule has 0 radical (unpaired) electrons. The Morgan fingerprint density at radius 2 is 1.70 bits per heavy atom. The largest absolute Gasteiger partial charge is 0.368 e. The number of nitrogens with one attached hydrogen (secondary N) is 2. The van der Waals surface area contributed by atoms with E-state index < -0.39 is 5.56 Å². The van der Waals surface area contributed by atoms with Crippen LogP contribution in [0.25, 0.3) is 22.2 Å². The van der Waals surface area contributed by atoms with Gasteiger partial charge in [-0.1, -0.05) is 49.4 Å². The minimum Gasteiger partial charge on any atom is -0.368 e.